The van der Waals surface area contributed by atoms with E-state index in [1.807, 2.05) is 43.5 Å². The average molecular weight is 275 g/mol. The summed E-state index contributed by atoms with van der Waals surface area (Å²) in [5, 5.41) is 6.62. The van der Waals surface area contributed by atoms with E-state index in [2.05, 4.69) is 15.6 Å². The number of nitrogens with zero attached hydrogens (tertiary/aromatic N) is 1. The van der Waals surface area contributed by atoms with Crippen molar-refractivity contribution < 1.29 is 4.79 Å². The van der Waals surface area contributed by atoms with Crippen molar-refractivity contribution in [2.24, 2.45) is 0 Å². The third-order valence-electron chi connectivity index (χ3n) is 2.54. The van der Waals surface area contributed by atoms with Gasteiger partial charge in [-0.3, -0.25) is 4.79 Å². The minimum atomic E-state index is -0.00156. The highest BCUT2D eigenvalue weighted by atomic mass is 32.1. The van der Waals surface area contributed by atoms with Gasteiger partial charge in [0.15, 0.2) is 5.13 Å². The highest BCUT2D eigenvalue weighted by Crippen LogP contribution is 2.28. The number of hydrogen-bond donors (Lipinski definition) is 2. The van der Waals surface area contributed by atoms with Crippen LogP contribution in [0.1, 0.15) is 13.3 Å². The summed E-state index contributed by atoms with van der Waals surface area (Å²) in [5.41, 5.74) is 1.14. The predicted octanol–water partition coefficient (Wildman–Crippen LogP) is 2.75. The van der Waals surface area contributed by atoms with E-state index >= 15 is 0 Å². The largest absolute Gasteiger partial charge is 0.355 e. The summed E-state index contributed by atoms with van der Waals surface area (Å²) in [6.07, 6.45) is 2.77. The molecule has 2 rings (SSSR count). The van der Waals surface area contributed by atoms with Gasteiger partial charge in [-0.1, -0.05) is 48.6 Å². The Morgan fingerprint density at radius 2 is 2.11 bits per heavy atom. The summed E-state index contributed by atoms with van der Waals surface area (Å²) in [5.74, 6) is -0.00156. The topological polar surface area (TPSA) is 54.0 Å². The number of anilines is 1. The van der Waals surface area contributed by atoms with E-state index in [4.69, 9.17) is 0 Å². The first-order valence-electron chi connectivity index (χ1n) is 6.31. The Hall–Kier alpha value is -1.88. The SMILES string of the molecule is CCCNC(=O)CNc1ncc(-c2ccccc2)s1. The molecule has 100 valence electrons. The van der Waals surface area contributed by atoms with Crippen LogP contribution in [-0.2, 0) is 4.79 Å². The molecular weight excluding hydrogens is 258 g/mol. The minimum absolute atomic E-state index is 0.00156. The van der Waals surface area contributed by atoms with Crippen LogP contribution in [0.15, 0.2) is 36.5 Å². The number of thiazole rings is 1. The molecule has 19 heavy (non-hydrogen) atoms. The quantitative estimate of drug-likeness (QED) is 0.852. The molecule has 0 saturated heterocycles. The van der Waals surface area contributed by atoms with Crippen molar-refractivity contribution in [2.45, 2.75) is 13.3 Å². The van der Waals surface area contributed by atoms with Gasteiger partial charge in [-0.2, -0.15) is 0 Å². The molecule has 0 radical (unpaired) electrons. The van der Waals surface area contributed by atoms with Gasteiger partial charge in [0.05, 0.1) is 11.4 Å². The van der Waals surface area contributed by atoms with E-state index in [1.165, 1.54) is 0 Å². The Bertz CT molecular complexity index is 524. The number of benzene rings is 1. The van der Waals surface area contributed by atoms with Crippen molar-refractivity contribution in [3.8, 4) is 10.4 Å². The molecule has 0 aliphatic carbocycles. The number of aromatic nitrogens is 1. The lowest BCUT2D eigenvalue weighted by Gasteiger charge is -2.03. The maximum Gasteiger partial charge on any atom is 0.239 e. The lowest BCUT2D eigenvalue weighted by Crippen LogP contribution is -2.30. The van der Waals surface area contributed by atoms with Gasteiger partial charge in [-0.15, -0.1) is 0 Å². The molecular formula is C14H17N3OS. The zero-order chi connectivity index (χ0) is 13.5. The lowest BCUT2D eigenvalue weighted by atomic mass is 10.2. The maximum atomic E-state index is 11.5. The number of carbonyl (C=O) groups excluding carboxylic acids is 1. The zero-order valence-corrected chi connectivity index (χ0v) is 11.7. The first-order valence-corrected chi connectivity index (χ1v) is 7.13. The van der Waals surface area contributed by atoms with E-state index in [0.29, 0.717) is 6.54 Å². The molecule has 0 saturated carbocycles. The van der Waals surface area contributed by atoms with Crippen LogP contribution in [0, 0.1) is 0 Å². The molecule has 0 spiro atoms. The monoisotopic (exact) mass is 275 g/mol. The van der Waals surface area contributed by atoms with Gasteiger partial charge in [0.1, 0.15) is 0 Å². The molecule has 0 bridgehead atoms. The molecule has 0 aliphatic heterocycles. The van der Waals surface area contributed by atoms with Crippen molar-refractivity contribution in [3.05, 3.63) is 36.5 Å². The molecule has 1 aromatic heterocycles. The molecule has 0 unspecified atom stereocenters. The molecule has 0 atom stereocenters. The Balaban J connectivity index is 1.90. The first-order chi connectivity index (χ1) is 9.29. The predicted molar refractivity (Wildman–Crippen MR) is 79.3 cm³/mol. The summed E-state index contributed by atoms with van der Waals surface area (Å²) in [6, 6.07) is 10.1. The van der Waals surface area contributed by atoms with E-state index in [9.17, 15) is 4.79 Å². The van der Waals surface area contributed by atoms with Gasteiger partial charge in [-0.05, 0) is 12.0 Å². The van der Waals surface area contributed by atoms with Crippen LogP contribution >= 0.6 is 11.3 Å². The highest BCUT2D eigenvalue weighted by Gasteiger charge is 2.05. The summed E-state index contributed by atoms with van der Waals surface area (Å²) >= 11 is 1.55. The summed E-state index contributed by atoms with van der Waals surface area (Å²) in [7, 11) is 0. The van der Waals surface area contributed by atoms with Crippen LogP contribution in [-0.4, -0.2) is 24.0 Å². The fourth-order valence-corrected chi connectivity index (χ4v) is 2.39. The van der Waals surface area contributed by atoms with Crippen molar-refractivity contribution in [1.82, 2.24) is 10.3 Å². The van der Waals surface area contributed by atoms with Crippen LogP contribution in [0.3, 0.4) is 0 Å². The Morgan fingerprint density at radius 1 is 1.32 bits per heavy atom. The maximum absolute atomic E-state index is 11.5. The molecule has 4 nitrogen and oxygen atoms in total. The number of carbonyl (C=O) groups is 1. The summed E-state index contributed by atoms with van der Waals surface area (Å²) in [6.45, 7) is 3.01. The van der Waals surface area contributed by atoms with Gasteiger partial charge < -0.3 is 10.6 Å². The van der Waals surface area contributed by atoms with E-state index in [1.54, 1.807) is 11.3 Å². The third-order valence-corrected chi connectivity index (χ3v) is 3.54. The van der Waals surface area contributed by atoms with Crippen LogP contribution in [0.2, 0.25) is 0 Å². The molecule has 2 aromatic rings. The van der Waals surface area contributed by atoms with Crippen molar-refractivity contribution in [1.29, 1.82) is 0 Å². The molecule has 1 aromatic carbocycles. The zero-order valence-electron chi connectivity index (χ0n) is 10.8. The van der Waals surface area contributed by atoms with Crippen LogP contribution in [0.4, 0.5) is 5.13 Å². The first kappa shape index (κ1) is 13.5. The molecule has 0 fully saturated rings. The van der Waals surface area contributed by atoms with Crippen LogP contribution < -0.4 is 10.6 Å². The van der Waals surface area contributed by atoms with Crippen LogP contribution in [0.25, 0.3) is 10.4 Å². The van der Waals surface area contributed by atoms with E-state index in [0.717, 1.165) is 22.0 Å². The van der Waals surface area contributed by atoms with Crippen molar-refractivity contribution >= 4 is 22.4 Å². The van der Waals surface area contributed by atoms with Gasteiger partial charge in [0, 0.05) is 12.7 Å². The fraction of sp³-hybridized carbons (Fsp3) is 0.286. The second kappa shape index (κ2) is 6.89. The van der Waals surface area contributed by atoms with Crippen LogP contribution in [0.5, 0.6) is 0 Å². The van der Waals surface area contributed by atoms with Crippen molar-refractivity contribution in [3.63, 3.8) is 0 Å². The number of hydrogen-bond acceptors (Lipinski definition) is 4. The Morgan fingerprint density at radius 3 is 2.84 bits per heavy atom. The van der Waals surface area contributed by atoms with Gasteiger partial charge in [-0.25, -0.2) is 4.98 Å². The smallest absolute Gasteiger partial charge is 0.239 e. The molecule has 1 heterocycles. The average Bonchev–Trinajstić information content (AvgIpc) is 2.93. The summed E-state index contributed by atoms with van der Waals surface area (Å²) in [4.78, 5) is 16.8. The van der Waals surface area contributed by atoms with E-state index < -0.39 is 0 Å². The number of nitrogens with one attached hydrogen (secondary N) is 2. The second-order valence-corrected chi connectivity index (χ2v) is 5.13. The molecule has 1 amide bonds. The van der Waals surface area contributed by atoms with Crippen molar-refractivity contribution in [2.75, 3.05) is 18.4 Å². The molecule has 5 heteroatoms. The number of rotatable bonds is 6. The van der Waals surface area contributed by atoms with E-state index in [-0.39, 0.29) is 12.5 Å². The summed E-state index contributed by atoms with van der Waals surface area (Å²) < 4.78 is 0. The third kappa shape index (κ3) is 4.06. The van der Waals surface area contributed by atoms with Gasteiger partial charge in [0.25, 0.3) is 0 Å². The normalized spacial score (nSPS) is 10.2. The lowest BCUT2D eigenvalue weighted by molar-refractivity contribution is -0.119. The fourth-order valence-electron chi connectivity index (χ4n) is 1.57. The second-order valence-electron chi connectivity index (χ2n) is 4.10. The van der Waals surface area contributed by atoms with Gasteiger partial charge in [0.2, 0.25) is 5.91 Å². The molecule has 0 aliphatic rings. The standard InChI is InChI=1S/C14H17N3OS/c1-2-8-15-13(18)10-17-14-16-9-12(19-14)11-6-4-3-5-7-11/h3-7,9H,2,8,10H2,1H3,(H,15,18)(H,16,17). The minimum Gasteiger partial charge on any atom is -0.355 e. The Kier molecular flexibility index (Phi) is 4.92. The highest BCUT2D eigenvalue weighted by molar-refractivity contribution is 7.18. The Labute approximate surface area is 116 Å². The molecule has 2 N–H and O–H groups in total. The van der Waals surface area contributed by atoms with Gasteiger partial charge >= 0.3 is 0 Å². The number of amides is 1.